The van der Waals surface area contributed by atoms with E-state index >= 15 is 0 Å². The normalized spacial score (nSPS) is 12.8. The van der Waals surface area contributed by atoms with Crippen molar-refractivity contribution in [3.8, 4) is 0 Å². The van der Waals surface area contributed by atoms with E-state index in [4.69, 9.17) is 5.11 Å². The van der Waals surface area contributed by atoms with Gasteiger partial charge in [0.1, 0.15) is 0 Å². The van der Waals surface area contributed by atoms with Gasteiger partial charge in [0, 0.05) is 5.69 Å². The summed E-state index contributed by atoms with van der Waals surface area (Å²) in [6, 6.07) is 6.32. The van der Waals surface area contributed by atoms with E-state index in [0.717, 1.165) is 5.56 Å². The lowest BCUT2D eigenvalue weighted by Gasteiger charge is -2.09. The summed E-state index contributed by atoms with van der Waals surface area (Å²) in [5.41, 5.74) is -3.30. The van der Waals surface area contributed by atoms with Crippen molar-refractivity contribution in [3.63, 3.8) is 0 Å². The first kappa shape index (κ1) is 17.4. The van der Waals surface area contributed by atoms with Crippen molar-refractivity contribution in [2.45, 2.75) is 18.9 Å². The summed E-state index contributed by atoms with van der Waals surface area (Å²) in [4.78, 5) is 22.0. The highest BCUT2D eigenvalue weighted by Gasteiger charge is 2.29. The van der Waals surface area contributed by atoms with Crippen LogP contribution in [0.5, 0.6) is 0 Å². The van der Waals surface area contributed by atoms with Crippen LogP contribution in [0.25, 0.3) is 0 Å². The van der Waals surface area contributed by atoms with Gasteiger partial charge in [-0.2, -0.15) is 13.2 Å². The van der Waals surface area contributed by atoms with Crippen molar-refractivity contribution in [1.29, 1.82) is 0 Å². The molecule has 0 aliphatic heterocycles. The molecular weight excluding hydrogens is 307 g/mol. The predicted octanol–water partition coefficient (Wildman–Crippen LogP) is 3.14. The molecule has 4 nitrogen and oxygen atoms in total. The molecule has 0 aliphatic rings. The number of halogens is 3. The van der Waals surface area contributed by atoms with Gasteiger partial charge in [-0.1, -0.05) is 19.1 Å². The first-order valence-electron chi connectivity index (χ1n) is 5.99. The van der Waals surface area contributed by atoms with E-state index in [0.29, 0.717) is 12.1 Å². The summed E-state index contributed by atoms with van der Waals surface area (Å²) in [5, 5.41) is 11.1. The Hall–Kier alpha value is -1.70. The van der Waals surface area contributed by atoms with Gasteiger partial charge in [-0.3, -0.25) is 9.59 Å². The molecule has 116 valence electrons. The Bertz CT molecular complexity index is 502. The molecule has 0 saturated carbocycles. The summed E-state index contributed by atoms with van der Waals surface area (Å²) in [6.45, 7) is 1.58. The van der Waals surface area contributed by atoms with E-state index in [1.54, 1.807) is 19.1 Å². The fourth-order valence-corrected chi connectivity index (χ4v) is 1.88. The van der Waals surface area contributed by atoms with Crippen LogP contribution in [0.2, 0.25) is 0 Å². The smallest absolute Gasteiger partial charge is 0.442 e. The molecule has 21 heavy (non-hydrogen) atoms. The third-order valence-electron chi connectivity index (χ3n) is 2.57. The number of carbonyl (C=O) groups is 2. The summed E-state index contributed by atoms with van der Waals surface area (Å²) in [6.07, 6.45) is 0.341. The van der Waals surface area contributed by atoms with E-state index in [1.165, 1.54) is 12.1 Å². The molecule has 0 radical (unpaired) electrons. The summed E-state index contributed by atoms with van der Waals surface area (Å²) in [5.74, 6) is -2.89. The summed E-state index contributed by atoms with van der Waals surface area (Å²) < 4.78 is 35.8. The third-order valence-corrected chi connectivity index (χ3v) is 3.30. The molecule has 0 saturated heterocycles. The first-order chi connectivity index (χ1) is 9.67. The number of hydrogen-bond donors (Lipinski definition) is 2. The Morgan fingerprint density at radius 3 is 2.33 bits per heavy atom. The van der Waals surface area contributed by atoms with Crippen LogP contribution in [-0.4, -0.2) is 28.2 Å². The zero-order valence-electron chi connectivity index (χ0n) is 11.1. The van der Waals surface area contributed by atoms with Gasteiger partial charge in [0.05, 0.1) is 11.7 Å². The van der Waals surface area contributed by atoms with Crippen LogP contribution in [0.4, 0.5) is 18.9 Å². The van der Waals surface area contributed by atoms with Crippen LogP contribution in [0, 0.1) is 5.92 Å². The molecule has 0 aromatic heterocycles. The number of rotatable bonds is 6. The van der Waals surface area contributed by atoms with Gasteiger partial charge < -0.3 is 10.4 Å². The molecule has 1 rings (SSSR count). The molecule has 0 spiro atoms. The highest BCUT2D eigenvalue weighted by molar-refractivity contribution is 8.00. The minimum Gasteiger partial charge on any atom is -0.481 e. The average molecular weight is 321 g/mol. The second kappa shape index (κ2) is 7.35. The largest absolute Gasteiger partial charge is 0.481 e. The molecule has 8 heteroatoms. The maximum absolute atomic E-state index is 11.9. The Kier molecular flexibility index (Phi) is 6.07. The second-order valence-corrected chi connectivity index (χ2v) is 5.46. The lowest BCUT2D eigenvalue weighted by molar-refractivity contribution is -0.141. The quantitative estimate of drug-likeness (QED) is 0.845. The number of carboxylic acid groups (broad SMARTS) is 1. The zero-order chi connectivity index (χ0) is 16.0. The number of hydrogen-bond acceptors (Lipinski definition) is 3. The van der Waals surface area contributed by atoms with Gasteiger partial charge in [-0.25, -0.2) is 0 Å². The minimum absolute atomic E-state index is 0.341. The highest BCUT2D eigenvalue weighted by Crippen LogP contribution is 2.29. The van der Waals surface area contributed by atoms with Gasteiger partial charge in [-0.15, -0.1) is 0 Å². The topological polar surface area (TPSA) is 66.4 Å². The average Bonchev–Trinajstić information content (AvgIpc) is 2.38. The zero-order valence-corrected chi connectivity index (χ0v) is 11.9. The fraction of sp³-hybridized carbons (Fsp3) is 0.385. The Balaban J connectivity index is 2.51. The third kappa shape index (κ3) is 7.03. The lowest BCUT2D eigenvalue weighted by atomic mass is 10.0. The molecule has 1 atom stereocenters. The van der Waals surface area contributed by atoms with Crippen molar-refractivity contribution < 1.29 is 27.9 Å². The standard InChI is InChI=1S/C13H14F3NO3S/c1-8(12(19)20)6-9-2-4-10(5-3-9)17-11(18)7-21-13(14,15)16/h2-5,8H,6-7H2,1H3,(H,17,18)(H,19,20). The molecule has 0 aliphatic carbocycles. The Morgan fingerprint density at radius 1 is 1.29 bits per heavy atom. The van der Waals surface area contributed by atoms with E-state index < -0.39 is 40.8 Å². The number of carboxylic acids is 1. The van der Waals surface area contributed by atoms with Crippen molar-refractivity contribution in [2.75, 3.05) is 11.1 Å². The number of amides is 1. The van der Waals surface area contributed by atoms with Crippen LogP contribution in [0.1, 0.15) is 12.5 Å². The SMILES string of the molecule is CC(Cc1ccc(NC(=O)CSC(F)(F)F)cc1)C(=O)O. The second-order valence-electron chi connectivity index (χ2n) is 4.42. The van der Waals surface area contributed by atoms with Crippen molar-refractivity contribution >= 4 is 29.3 Å². The summed E-state index contributed by atoms with van der Waals surface area (Å²) >= 11 is -0.402. The number of anilines is 1. The lowest BCUT2D eigenvalue weighted by Crippen LogP contribution is -2.17. The number of nitrogens with one attached hydrogen (secondary N) is 1. The van der Waals surface area contributed by atoms with Gasteiger partial charge in [-0.05, 0) is 35.9 Å². The predicted molar refractivity (Wildman–Crippen MR) is 74.1 cm³/mol. The molecule has 1 unspecified atom stereocenters. The van der Waals surface area contributed by atoms with Crippen LogP contribution >= 0.6 is 11.8 Å². The number of thioether (sulfide) groups is 1. The maximum Gasteiger partial charge on any atom is 0.442 e. The van der Waals surface area contributed by atoms with Gasteiger partial charge in [0.15, 0.2) is 0 Å². The monoisotopic (exact) mass is 321 g/mol. The van der Waals surface area contributed by atoms with Gasteiger partial charge >= 0.3 is 11.5 Å². The van der Waals surface area contributed by atoms with Crippen molar-refractivity contribution in [1.82, 2.24) is 0 Å². The van der Waals surface area contributed by atoms with Gasteiger partial charge in [0.2, 0.25) is 5.91 Å². The fourth-order valence-electron chi connectivity index (χ4n) is 1.51. The van der Waals surface area contributed by atoms with E-state index in [9.17, 15) is 22.8 Å². The minimum atomic E-state index is -4.44. The maximum atomic E-state index is 11.9. The van der Waals surface area contributed by atoms with E-state index in [1.807, 2.05) is 0 Å². The van der Waals surface area contributed by atoms with Crippen LogP contribution in [0.3, 0.4) is 0 Å². The summed E-state index contributed by atoms with van der Waals surface area (Å²) in [7, 11) is 0. The number of aliphatic carboxylic acids is 1. The van der Waals surface area contributed by atoms with Crippen LogP contribution < -0.4 is 5.32 Å². The molecule has 1 amide bonds. The highest BCUT2D eigenvalue weighted by atomic mass is 32.2. The Morgan fingerprint density at radius 2 is 1.86 bits per heavy atom. The molecule has 1 aromatic rings. The molecule has 0 heterocycles. The van der Waals surface area contributed by atoms with Crippen molar-refractivity contribution in [2.24, 2.45) is 5.92 Å². The number of alkyl halides is 3. The number of carbonyl (C=O) groups excluding carboxylic acids is 1. The molecule has 1 aromatic carbocycles. The number of benzene rings is 1. The van der Waals surface area contributed by atoms with E-state index in [2.05, 4.69) is 5.32 Å². The molecule has 2 N–H and O–H groups in total. The van der Waals surface area contributed by atoms with E-state index in [-0.39, 0.29) is 0 Å². The molecule has 0 fully saturated rings. The van der Waals surface area contributed by atoms with Gasteiger partial charge in [0.25, 0.3) is 0 Å². The molecular formula is C13H14F3NO3S. The van der Waals surface area contributed by atoms with Crippen molar-refractivity contribution in [3.05, 3.63) is 29.8 Å². The molecule has 0 bridgehead atoms. The van der Waals surface area contributed by atoms with Crippen LogP contribution in [-0.2, 0) is 16.0 Å². The Labute approximate surface area is 123 Å². The van der Waals surface area contributed by atoms with Crippen LogP contribution in [0.15, 0.2) is 24.3 Å². The first-order valence-corrected chi connectivity index (χ1v) is 6.98.